The average Bonchev–Trinajstić information content (AvgIpc) is 4.16. The molecule has 0 saturated carbocycles. The van der Waals surface area contributed by atoms with E-state index >= 15 is 0 Å². The number of carbonyl (C=O) groups is 9. The Bertz CT molecular complexity index is 2790. The Morgan fingerprint density at radius 2 is 0.971 bits per heavy atom. The summed E-state index contributed by atoms with van der Waals surface area (Å²) in [5.74, 6) is -9.59. The highest BCUT2D eigenvalue weighted by Gasteiger charge is 2.45. The molecular weight excluding hydrogens is 897 g/mol. The van der Waals surface area contributed by atoms with E-state index in [1.807, 2.05) is 12.1 Å². The summed E-state index contributed by atoms with van der Waals surface area (Å²) in [6.07, 6.45) is 0.279. The van der Waals surface area contributed by atoms with Crippen molar-refractivity contribution in [2.45, 2.75) is 31.5 Å². The first kappa shape index (κ1) is 49.9. The van der Waals surface area contributed by atoms with E-state index in [1.54, 1.807) is 91.2 Å². The van der Waals surface area contributed by atoms with Gasteiger partial charge in [0, 0.05) is 17.2 Å². The summed E-state index contributed by atoms with van der Waals surface area (Å²) in [6.45, 7) is 0. The number of ketones is 3. The predicted molar refractivity (Wildman–Crippen MR) is 233 cm³/mol. The van der Waals surface area contributed by atoms with Crippen molar-refractivity contribution >= 4 is 80.9 Å². The lowest BCUT2D eigenvalue weighted by Gasteiger charge is -2.08. The molecule has 2 aliphatic rings. The molecule has 0 bridgehead atoms. The molecule has 352 valence electrons. The summed E-state index contributed by atoms with van der Waals surface area (Å²) in [4.78, 5) is 99.5. The number of carboxylic acid groups (broad SMARTS) is 4. The smallest absolute Gasteiger partial charge is 0.345 e. The Labute approximate surface area is 383 Å². The molecule has 20 nitrogen and oxygen atoms in total. The zero-order valence-electron chi connectivity index (χ0n) is 35.8. The number of allylic oxidation sites excluding steroid dienone is 1. The quantitative estimate of drug-likeness (QED) is 0.0279. The third-order valence-electron chi connectivity index (χ3n) is 10.0. The summed E-state index contributed by atoms with van der Waals surface area (Å²) >= 11 is 0. The molecule has 5 N–H and O–H groups in total. The number of benzene rings is 4. The molecule has 4 atom stereocenters. The second kappa shape index (κ2) is 22.7. The van der Waals surface area contributed by atoms with Crippen molar-refractivity contribution in [2.24, 2.45) is 11.8 Å². The molecule has 68 heavy (non-hydrogen) atoms. The molecule has 4 heterocycles. The number of aliphatic hydroxyl groups is 1. The number of cyclic esters (lactones) is 2. The van der Waals surface area contributed by atoms with E-state index in [0.717, 1.165) is 10.8 Å². The lowest BCUT2D eigenvalue weighted by molar-refractivity contribution is -0.161. The van der Waals surface area contributed by atoms with Crippen LogP contribution in [0.1, 0.15) is 55.9 Å². The number of rotatable bonds is 13. The number of esters is 2. The van der Waals surface area contributed by atoms with Gasteiger partial charge in [-0.3, -0.25) is 33.6 Å². The number of aliphatic carboxylic acids is 4. The van der Waals surface area contributed by atoms with Crippen molar-refractivity contribution in [2.75, 3.05) is 14.2 Å². The fourth-order valence-corrected chi connectivity index (χ4v) is 6.75. The summed E-state index contributed by atoms with van der Waals surface area (Å²) in [5, 5.41) is 45.2. The van der Waals surface area contributed by atoms with Gasteiger partial charge in [0.05, 0.1) is 67.9 Å². The number of methoxy groups -OCH3 is 2. The number of aliphatic hydroxyl groups excluding tert-OH is 1. The van der Waals surface area contributed by atoms with Gasteiger partial charge >= 0.3 is 35.8 Å². The molecule has 0 aliphatic carbocycles. The third kappa shape index (κ3) is 12.2. The first-order valence-electron chi connectivity index (χ1n) is 20.0. The minimum absolute atomic E-state index is 0.0834. The highest BCUT2D eigenvalue weighted by molar-refractivity contribution is 6.16. The Morgan fingerprint density at radius 1 is 0.544 bits per heavy atom. The van der Waals surface area contributed by atoms with Crippen molar-refractivity contribution < 1.29 is 96.5 Å². The van der Waals surface area contributed by atoms with Crippen LogP contribution in [0.3, 0.4) is 0 Å². The molecule has 6 aromatic rings. The maximum absolute atomic E-state index is 12.4. The first-order chi connectivity index (χ1) is 32.4. The van der Waals surface area contributed by atoms with Crippen LogP contribution in [0, 0.1) is 11.8 Å². The molecule has 0 spiro atoms. The Kier molecular flexibility index (Phi) is 16.7. The molecule has 2 saturated heterocycles. The molecule has 2 unspecified atom stereocenters. The highest BCUT2D eigenvalue weighted by Crippen LogP contribution is 2.33. The fraction of sp³-hybridized carbons (Fsp3) is 0.188. The molecule has 8 rings (SSSR count). The molecule has 2 fully saturated rings. The first-order valence-corrected chi connectivity index (χ1v) is 20.0. The maximum Gasteiger partial charge on any atom is 0.345 e. The van der Waals surface area contributed by atoms with Crippen LogP contribution in [0.4, 0.5) is 0 Å². The largest absolute Gasteiger partial charge is 0.507 e. The van der Waals surface area contributed by atoms with Crippen molar-refractivity contribution in [1.29, 1.82) is 0 Å². The number of fused-ring (bicyclic) bond motifs is 2. The number of hydrogen-bond donors (Lipinski definition) is 5. The van der Waals surface area contributed by atoms with Gasteiger partial charge in [-0.1, -0.05) is 60.7 Å². The number of carboxylic acids is 4. The standard InChI is InChI=1S/2C18H14O4.2C6H6O6/c2*1-21-18-13(7-8-17-14(18)9-10-22-17)16(20)11-15(19)12-5-3-2-4-6-12;2*7-3-1-2(5(8)9)4(12-3)6(10)11/h2-10H,11H2,1H3;2-11,19H,1H3;2*2,4H,1H2,(H,8,9)(H,10,11)/b;15-11-;;/t;;2-,4+;/m..0./s1. The van der Waals surface area contributed by atoms with E-state index in [2.05, 4.69) is 9.47 Å². The fourth-order valence-electron chi connectivity index (χ4n) is 6.75. The number of Topliss-reactive ketones (excluding diaryl/α,β-unsaturated/α-hetero) is 2. The van der Waals surface area contributed by atoms with Gasteiger partial charge in [0.15, 0.2) is 17.3 Å². The predicted octanol–water partition coefficient (Wildman–Crippen LogP) is 6.29. The van der Waals surface area contributed by atoms with Gasteiger partial charge in [-0.05, 0) is 36.4 Å². The summed E-state index contributed by atoms with van der Waals surface area (Å²) in [7, 11) is 3.00. The van der Waals surface area contributed by atoms with Crippen LogP contribution in [0.5, 0.6) is 11.5 Å². The van der Waals surface area contributed by atoms with Crippen LogP contribution < -0.4 is 9.47 Å². The normalized spacial score (nSPS) is 17.1. The van der Waals surface area contributed by atoms with E-state index in [-0.39, 0.29) is 42.4 Å². The zero-order valence-corrected chi connectivity index (χ0v) is 35.8. The summed E-state index contributed by atoms with van der Waals surface area (Å²) in [5.41, 5.74) is 3.16. The lowest BCUT2D eigenvalue weighted by atomic mass is 10.00. The van der Waals surface area contributed by atoms with Gasteiger partial charge in [0.1, 0.15) is 40.3 Å². The topological polar surface area (TPSA) is 318 Å². The summed E-state index contributed by atoms with van der Waals surface area (Å²) in [6, 6.07) is 27.8. The number of carbonyl (C=O) groups excluding carboxylic acids is 5. The maximum atomic E-state index is 12.4. The van der Waals surface area contributed by atoms with E-state index in [9.17, 15) is 48.3 Å². The van der Waals surface area contributed by atoms with E-state index < -0.39 is 59.9 Å². The Balaban J connectivity index is 0.000000177. The van der Waals surface area contributed by atoms with Gasteiger partial charge in [-0.25, -0.2) is 9.59 Å². The zero-order chi connectivity index (χ0) is 49.7. The van der Waals surface area contributed by atoms with Crippen LogP contribution in [0.2, 0.25) is 0 Å². The number of furan rings is 2. The van der Waals surface area contributed by atoms with Gasteiger partial charge in [0.25, 0.3) is 0 Å². The van der Waals surface area contributed by atoms with Crippen LogP contribution in [0.25, 0.3) is 27.7 Å². The Morgan fingerprint density at radius 3 is 1.38 bits per heavy atom. The van der Waals surface area contributed by atoms with Crippen molar-refractivity contribution in [1.82, 2.24) is 0 Å². The van der Waals surface area contributed by atoms with Crippen molar-refractivity contribution in [3.63, 3.8) is 0 Å². The Hall–Kier alpha value is -9.07. The molecular formula is C48H40O20. The molecule has 4 aromatic carbocycles. The molecule has 2 aliphatic heterocycles. The van der Waals surface area contributed by atoms with Crippen LogP contribution >= 0.6 is 0 Å². The van der Waals surface area contributed by atoms with Crippen LogP contribution in [-0.4, -0.2) is 105 Å². The van der Waals surface area contributed by atoms with E-state index in [1.165, 1.54) is 26.6 Å². The van der Waals surface area contributed by atoms with Crippen LogP contribution in [-0.2, 0) is 38.2 Å². The van der Waals surface area contributed by atoms with Gasteiger partial charge in [0.2, 0.25) is 12.2 Å². The second-order valence-electron chi connectivity index (χ2n) is 14.4. The molecule has 20 heteroatoms. The van der Waals surface area contributed by atoms with Crippen molar-refractivity contribution in [3.05, 3.63) is 138 Å². The third-order valence-corrected chi connectivity index (χ3v) is 10.0. The molecule has 2 aromatic heterocycles. The molecule has 0 amide bonds. The van der Waals surface area contributed by atoms with Gasteiger partial charge in [-0.2, -0.15) is 0 Å². The number of hydrogen-bond acceptors (Lipinski definition) is 16. The minimum atomic E-state index is -1.53. The molecule has 0 radical (unpaired) electrons. The minimum Gasteiger partial charge on any atom is -0.507 e. The van der Waals surface area contributed by atoms with Gasteiger partial charge < -0.3 is 53.3 Å². The monoisotopic (exact) mass is 936 g/mol. The highest BCUT2D eigenvalue weighted by atomic mass is 16.6. The lowest BCUT2D eigenvalue weighted by Crippen LogP contribution is -2.31. The van der Waals surface area contributed by atoms with E-state index in [0.29, 0.717) is 44.9 Å². The second-order valence-corrected chi connectivity index (χ2v) is 14.4. The van der Waals surface area contributed by atoms with E-state index in [4.69, 9.17) is 38.7 Å². The van der Waals surface area contributed by atoms with Crippen LogP contribution in [0.15, 0.2) is 124 Å². The van der Waals surface area contributed by atoms with Crippen molar-refractivity contribution in [3.8, 4) is 11.5 Å². The average molecular weight is 937 g/mol. The SMILES string of the molecule is COc1c(C(=O)/C=C(\O)c2ccccc2)ccc2occc12.COc1c(C(=O)CC(=O)c2ccccc2)ccc2occc12.O=C1CC(C(=O)O)C(C(=O)O)O1.O=C1C[C@H](C(=O)O)[C@H](C(=O)O)O1. The summed E-state index contributed by atoms with van der Waals surface area (Å²) < 4.78 is 29.8. The number of ether oxygens (including phenoxy) is 4. The van der Waals surface area contributed by atoms with Gasteiger partial charge in [-0.15, -0.1) is 0 Å².